The van der Waals surface area contributed by atoms with Crippen molar-refractivity contribution in [2.75, 3.05) is 0 Å². The Balaban J connectivity index is 1.90. The number of ether oxygens (including phenoxy) is 1. The van der Waals surface area contributed by atoms with Crippen LogP contribution in [0, 0.1) is 0 Å². The summed E-state index contributed by atoms with van der Waals surface area (Å²) in [6, 6.07) is 10.3. The van der Waals surface area contributed by atoms with Gasteiger partial charge in [-0.15, -0.1) is 0 Å². The molecule has 2 heterocycles. The molecule has 1 amide bonds. The minimum Gasteiger partial charge on any atom is -0.462 e. The average molecular weight is 355 g/mol. The highest BCUT2D eigenvalue weighted by atomic mass is 16.5. The summed E-state index contributed by atoms with van der Waals surface area (Å²) in [5, 5.41) is 2.85. The van der Waals surface area contributed by atoms with E-state index in [4.69, 9.17) is 9.15 Å². The van der Waals surface area contributed by atoms with Gasteiger partial charge in [-0.05, 0) is 45.0 Å². The number of furan rings is 1. The molecule has 0 fully saturated rings. The smallest absolute Gasteiger partial charge is 0.326 e. The number of hydrogen-bond acceptors (Lipinski definition) is 5. The molecular formula is C19H21N3O4. The van der Waals surface area contributed by atoms with E-state index in [1.165, 1.54) is 6.26 Å². The van der Waals surface area contributed by atoms with Gasteiger partial charge in [0.1, 0.15) is 12.4 Å². The zero-order valence-electron chi connectivity index (χ0n) is 14.9. The fourth-order valence-electron chi connectivity index (χ4n) is 2.76. The molecule has 0 aliphatic rings. The number of aromatic nitrogens is 2. The Morgan fingerprint density at radius 1 is 1.19 bits per heavy atom. The van der Waals surface area contributed by atoms with E-state index in [1.807, 2.05) is 31.2 Å². The molecule has 136 valence electrons. The SMILES string of the molecule is CC(C)OC(=O)Cn1c(C(C)NC(=O)c2ccco2)nc2ccccc21. The Morgan fingerprint density at radius 3 is 2.65 bits per heavy atom. The van der Waals surface area contributed by atoms with E-state index >= 15 is 0 Å². The van der Waals surface area contributed by atoms with Crippen molar-refractivity contribution in [1.29, 1.82) is 0 Å². The predicted octanol–water partition coefficient (Wildman–Crippen LogP) is 3.07. The molecule has 3 rings (SSSR count). The lowest BCUT2D eigenvalue weighted by Gasteiger charge is -2.16. The summed E-state index contributed by atoms with van der Waals surface area (Å²) in [7, 11) is 0. The molecular weight excluding hydrogens is 334 g/mol. The first-order valence-corrected chi connectivity index (χ1v) is 8.44. The maximum absolute atomic E-state index is 12.3. The van der Waals surface area contributed by atoms with Crippen LogP contribution in [0.2, 0.25) is 0 Å². The number of carbonyl (C=O) groups excluding carboxylic acids is 2. The highest BCUT2D eigenvalue weighted by Crippen LogP contribution is 2.21. The van der Waals surface area contributed by atoms with Crippen LogP contribution in [0.1, 0.15) is 43.2 Å². The third-order valence-electron chi connectivity index (χ3n) is 3.82. The number of benzene rings is 1. The van der Waals surface area contributed by atoms with E-state index in [-0.39, 0.29) is 30.3 Å². The van der Waals surface area contributed by atoms with Gasteiger partial charge in [-0.1, -0.05) is 12.1 Å². The van der Waals surface area contributed by atoms with E-state index in [9.17, 15) is 9.59 Å². The van der Waals surface area contributed by atoms with Gasteiger partial charge in [0, 0.05) is 0 Å². The van der Waals surface area contributed by atoms with Crippen LogP contribution < -0.4 is 5.32 Å². The standard InChI is InChI=1S/C19H21N3O4/c1-12(2)26-17(23)11-22-15-8-5-4-7-14(15)21-18(22)13(3)20-19(24)16-9-6-10-25-16/h4-10,12-13H,11H2,1-3H3,(H,20,24). The molecule has 1 aromatic carbocycles. The summed E-state index contributed by atoms with van der Waals surface area (Å²) in [6.45, 7) is 5.44. The van der Waals surface area contributed by atoms with Crippen LogP contribution in [0.4, 0.5) is 0 Å². The van der Waals surface area contributed by atoms with Crippen molar-refractivity contribution in [3.05, 3.63) is 54.2 Å². The molecule has 1 unspecified atom stereocenters. The van der Waals surface area contributed by atoms with Crippen molar-refractivity contribution in [1.82, 2.24) is 14.9 Å². The van der Waals surface area contributed by atoms with E-state index in [0.717, 1.165) is 11.0 Å². The van der Waals surface area contributed by atoms with Crippen molar-refractivity contribution in [2.45, 2.75) is 39.5 Å². The van der Waals surface area contributed by atoms with Gasteiger partial charge in [-0.3, -0.25) is 9.59 Å². The minimum atomic E-state index is -0.424. The summed E-state index contributed by atoms with van der Waals surface area (Å²) in [4.78, 5) is 29.0. The number of nitrogens with one attached hydrogen (secondary N) is 1. The fraction of sp³-hybridized carbons (Fsp3) is 0.316. The van der Waals surface area contributed by atoms with Crippen LogP contribution in [-0.4, -0.2) is 27.5 Å². The molecule has 0 aliphatic heterocycles. The molecule has 0 bridgehead atoms. The number of amides is 1. The number of imidazole rings is 1. The van der Waals surface area contributed by atoms with Crippen LogP contribution >= 0.6 is 0 Å². The van der Waals surface area contributed by atoms with Crippen molar-refractivity contribution < 1.29 is 18.7 Å². The van der Waals surface area contributed by atoms with Crippen molar-refractivity contribution >= 4 is 22.9 Å². The van der Waals surface area contributed by atoms with Gasteiger partial charge < -0.3 is 19.0 Å². The van der Waals surface area contributed by atoms with Crippen molar-refractivity contribution in [3.8, 4) is 0 Å². The number of para-hydroxylation sites is 2. The van der Waals surface area contributed by atoms with Crippen LogP contribution in [0.5, 0.6) is 0 Å². The number of rotatable bonds is 6. The lowest BCUT2D eigenvalue weighted by molar-refractivity contribution is -0.148. The van der Waals surface area contributed by atoms with Crippen molar-refractivity contribution in [2.24, 2.45) is 0 Å². The zero-order valence-corrected chi connectivity index (χ0v) is 14.9. The van der Waals surface area contributed by atoms with Gasteiger partial charge in [-0.25, -0.2) is 4.98 Å². The van der Waals surface area contributed by atoms with Gasteiger partial charge >= 0.3 is 5.97 Å². The molecule has 7 nitrogen and oxygen atoms in total. The molecule has 1 N–H and O–H groups in total. The molecule has 0 spiro atoms. The Labute approximate surface area is 151 Å². The number of hydrogen-bond donors (Lipinski definition) is 1. The van der Waals surface area contributed by atoms with E-state index in [2.05, 4.69) is 10.3 Å². The topological polar surface area (TPSA) is 86.4 Å². The predicted molar refractivity (Wildman–Crippen MR) is 95.6 cm³/mol. The minimum absolute atomic E-state index is 0.0228. The molecule has 3 aromatic rings. The van der Waals surface area contributed by atoms with Crippen LogP contribution in [0.25, 0.3) is 11.0 Å². The lowest BCUT2D eigenvalue weighted by Crippen LogP contribution is -2.29. The first-order valence-electron chi connectivity index (χ1n) is 8.44. The van der Waals surface area contributed by atoms with Gasteiger partial charge in [0.15, 0.2) is 5.76 Å². The number of nitrogens with zero attached hydrogens (tertiary/aromatic N) is 2. The third kappa shape index (κ3) is 3.77. The van der Waals surface area contributed by atoms with E-state index < -0.39 is 6.04 Å². The molecule has 0 saturated carbocycles. The highest BCUT2D eigenvalue weighted by molar-refractivity contribution is 5.91. The Hall–Kier alpha value is -3.09. The Morgan fingerprint density at radius 2 is 1.96 bits per heavy atom. The molecule has 26 heavy (non-hydrogen) atoms. The molecule has 7 heteroatoms. The monoisotopic (exact) mass is 355 g/mol. The first-order chi connectivity index (χ1) is 12.5. The van der Waals surface area contributed by atoms with Crippen molar-refractivity contribution in [3.63, 3.8) is 0 Å². The van der Waals surface area contributed by atoms with Gasteiger partial charge in [0.25, 0.3) is 5.91 Å². The van der Waals surface area contributed by atoms with E-state index in [0.29, 0.717) is 5.82 Å². The molecule has 1 atom stereocenters. The normalized spacial score (nSPS) is 12.3. The van der Waals surface area contributed by atoms with Crippen LogP contribution in [0.15, 0.2) is 47.1 Å². The van der Waals surface area contributed by atoms with Crippen LogP contribution in [0.3, 0.4) is 0 Å². The zero-order chi connectivity index (χ0) is 18.7. The summed E-state index contributed by atoms with van der Waals surface area (Å²) in [5.41, 5.74) is 1.56. The highest BCUT2D eigenvalue weighted by Gasteiger charge is 2.21. The van der Waals surface area contributed by atoms with E-state index in [1.54, 1.807) is 30.5 Å². The maximum Gasteiger partial charge on any atom is 0.326 e. The molecule has 0 saturated heterocycles. The Bertz CT molecular complexity index is 912. The average Bonchev–Trinajstić information content (AvgIpc) is 3.22. The molecule has 2 aromatic heterocycles. The lowest BCUT2D eigenvalue weighted by atomic mass is 10.3. The summed E-state index contributed by atoms with van der Waals surface area (Å²) in [6.07, 6.45) is 1.24. The summed E-state index contributed by atoms with van der Waals surface area (Å²) in [5.74, 6) is 0.102. The second-order valence-electron chi connectivity index (χ2n) is 6.26. The van der Waals surface area contributed by atoms with Crippen LogP contribution in [-0.2, 0) is 16.1 Å². The number of esters is 1. The summed E-state index contributed by atoms with van der Waals surface area (Å²) >= 11 is 0. The fourth-order valence-corrected chi connectivity index (χ4v) is 2.76. The van der Waals surface area contributed by atoms with Gasteiger partial charge in [0.05, 0.1) is 29.4 Å². The third-order valence-corrected chi connectivity index (χ3v) is 3.82. The second-order valence-corrected chi connectivity index (χ2v) is 6.26. The first kappa shape index (κ1) is 17.7. The molecule has 0 radical (unpaired) electrons. The Kier molecular flexibility index (Phi) is 5.06. The van der Waals surface area contributed by atoms with Gasteiger partial charge in [0.2, 0.25) is 0 Å². The number of carbonyl (C=O) groups is 2. The quantitative estimate of drug-likeness (QED) is 0.687. The maximum atomic E-state index is 12.3. The largest absolute Gasteiger partial charge is 0.462 e. The van der Waals surface area contributed by atoms with Gasteiger partial charge in [-0.2, -0.15) is 0 Å². The number of fused-ring (bicyclic) bond motifs is 1. The molecule has 0 aliphatic carbocycles. The second kappa shape index (κ2) is 7.43. The summed E-state index contributed by atoms with van der Waals surface area (Å²) < 4.78 is 12.1.